The fourth-order valence-electron chi connectivity index (χ4n) is 2.33. The summed E-state index contributed by atoms with van der Waals surface area (Å²) in [6, 6.07) is 2.98. The third-order valence-corrected chi connectivity index (χ3v) is 5.49. The molecule has 1 aliphatic rings. The van der Waals surface area contributed by atoms with Gasteiger partial charge in [0.05, 0.1) is 4.91 Å². The van der Waals surface area contributed by atoms with Gasteiger partial charge in [-0.2, -0.15) is 8.78 Å². The molecule has 0 heterocycles. The van der Waals surface area contributed by atoms with Crippen LogP contribution >= 0.6 is 11.6 Å². The molecule has 0 aromatic heterocycles. The van der Waals surface area contributed by atoms with Crippen LogP contribution in [-0.2, 0) is 9.84 Å². The first-order valence-corrected chi connectivity index (χ1v) is 9.56. The Morgan fingerprint density at radius 3 is 2.46 bits per heavy atom. The normalized spacial score (nSPS) is 22.6. The minimum absolute atomic E-state index is 0.0680. The van der Waals surface area contributed by atoms with Gasteiger partial charge >= 0.3 is 5.76 Å². The summed E-state index contributed by atoms with van der Waals surface area (Å²) >= 11 is 5.68. The summed E-state index contributed by atoms with van der Waals surface area (Å²) in [5.74, 6) is -9.21. The average molecular weight is 445 g/mol. The van der Waals surface area contributed by atoms with Crippen molar-refractivity contribution in [3.05, 3.63) is 64.0 Å². The van der Waals surface area contributed by atoms with Crippen LogP contribution in [0.5, 0.6) is 5.75 Å². The second-order valence-corrected chi connectivity index (χ2v) is 8.35. The molecular formula is C17H14ClF5O4S. The van der Waals surface area contributed by atoms with Crippen molar-refractivity contribution in [1.82, 2.24) is 0 Å². The molecule has 0 saturated heterocycles. The quantitative estimate of drug-likeness (QED) is 0.689. The van der Waals surface area contributed by atoms with Gasteiger partial charge in [-0.1, -0.05) is 18.2 Å². The number of sulfone groups is 1. The van der Waals surface area contributed by atoms with E-state index < -0.39 is 56.9 Å². The molecule has 4 nitrogen and oxygen atoms in total. The summed E-state index contributed by atoms with van der Waals surface area (Å²) < 4.78 is 96.2. The molecule has 1 N–H and O–H groups in total. The molecule has 1 aromatic rings. The lowest BCUT2D eigenvalue weighted by molar-refractivity contribution is -0.105. The second kappa shape index (κ2) is 8.22. The number of rotatable bonds is 4. The fraction of sp³-hybridized carbons (Fsp3) is 0.294. The molecule has 2 rings (SSSR count). The van der Waals surface area contributed by atoms with Gasteiger partial charge in [0, 0.05) is 23.9 Å². The summed E-state index contributed by atoms with van der Waals surface area (Å²) in [4.78, 5) is -1.11. The molecule has 1 aromatic carbocycles. The summed E-state index contributed by atoms with van der Waals surface area (Å²) in [5, 5.41) is 9.61. The van der Waals surface area contributed by atoms with E-state index in [0.717, 1.165) is 24.3 Å². The van der Waals surface area contributed by atoms with Crippen LogP contribution in [-0.4, -0.2) is 31.3 Å². The van der Waals surface area contributed by atoms with Crippen LogP contribution in [0.4, 0.5) is 22.0 Å². The van der Waals surface area contributed by atoms with Gasteiger partial charge in [0.2, 0.25) is 9.84 Å². The highest BCUT2D eigenvalue weighted by Gasteiger charge is 2.43. The van der Waals surface area contributed by atoms with E-state index in [4.69, 9.17) is 16.3 Å². The van der Waals surface area contributed by atoms with Crippen molar-refractivity contribution >= 4 is 21.4 Å². The van der Waals surface area contributed by atoms with E-state index in [0.29, 0.717) is 6.08 Å². The van der Waals surface area contributed by atoms with Crippen molar-refractivity contribution in [3.63, 3.8) is 0 Å². The molecular weight excluding hydrogens is 431 g/mol. The highest BCUT2D eigenvalue weighted by Crippen LogP contribution is 2.36. The van der Waals surface area contributed by atoms with Gasteiger partial charge in [-0.3, -0.25) is 0 Å². The van der Waals surface area contributed by atoms with Gasteiger partial charge in [0.25, 0.3) is 5.92 Å². The second-order valence-electron chi connectivity index (χ2n) is 5.94. The average Bonchev–Trinajstić information content (AvgIpc) is 2.58. The fourth-order valence-corrected chi connectivity index (χ4v) is 3.42. The number of ether oxygens (including phenoxy) is 1. The predicted molar refractivity (Wildman–Crippen MR) is 92.5 cm³/mol. The molecule has 11 heteroatoms. The molecule has 0 bridgehead atoms. The van der Waals surface area contributed by atoms with Crippen molar-refractivity contribution < 1.29 is 40.2 Å². The molecule has 0 spiro atoms. The summed E-state index contributed by atoms with van der Waals surface area (Å²) in [6.45, 7) is 3.39. The van der Waals surface area contributed by atoms with E-state index >= 15 is 0 Å². The third kappa shape index (κ3) is 5.12. The third-order valence-electron chi connectivity index (χ3n) is 3.76. The molecule has 154 valence electrons. The zero-order valence-electron chi connectivity index (χ0n) is 14.0. The molecule has 1 unspecified atom stereocenters. The molecule has 0 amide bonds. The topological polar surface area (TPSA) is 63.6 Å². The van der Waals surface area contributed by atoms with E-state index in [1.807, 2.05) is 0 Å². The monoisotopic (exact) mass is 444 g/mol. The van der Waals surface area contributed by atoms with Gasteiger partial charge in [0.1, 0.15) is 23.4 Å². The number of allylic oxidation sites excluding steroid dienone is 3. The van der Waals surface area contributed by atoms with Crippen molar-refractivity contribution in [3.8, 4) is 5.75 Å². The highest BCUT2D eigenvalue weighted by atomic mass is 35.5. The van der Waals surface area contributed by atoms with Gasteiger partial charge in [-0.25, -0.2) is 21.6 Å². The Morgan fingerprint density at radius 2 is 1.89 bits per heavy atom. The highest BCUT2D eigenvalue weighted by molar-refractivity contribution is 7.95. The standard InChI is InChI=1S/C17H14ClF5O4S/c1-9-8-17(22,23)15(24)7-13(28(25,26)16(20)21)2-3-14(9)27-12-5-10(18)4-11(19)6-12/h2-6,15-16,24H,1,7-8H2/b13-2+,14-3?. The maximum Gasteiger partial charge on any atom is 0.340 e. The Bertz CT molecular complexity index is 921. The van der Waals surface area contributed by atoms with E-state index in [1.54, 1.807) is 0 Å². The predicted octanol–water partition coefficient (Wildman–Crippen LogP) is 4.61. The van der Waals surface area contributed by atoms with Gasteiger partial charge in [-0.15, -0.1) is 0 Å². The minimum Gasteiger partial charge on any atom is -0.457 e. The molecule has 0 fully saturated rings. The molecule has 0 radical (unpaired) electrons. The number of alkyl halides is 4. The maximum absolute atomic E-state index is 14.2. The van der Waals surface area contributed by atoms with Crippen LogP contribution < -0.4 is 4.74 Å². The van der Waals surface area contributed by atoms with Gasteiger partial charge in [0.15, 0.2) is 0 Å². The van der Waals surface area contributed by atoms with Crippen LogP contribution in [0.25, 0.3) is 0 Å². The Hall–Kier alpha value is -1.91. The SMILES string of the molecule is C=C1CC(F)(F)C(O)C/C(S(=O)(=O)C(F)F)=C\C=C1Oc1cc(F)cc(Cl)c1. The van der Waals surface area contributed by atoms with E-state index in [2.05, 4.69) is 6.58 Å². The molecule has 28 heavy (non-hydrogen) atoms. The molecule has 0 saturated carbocycles. The summed E-state index contributed by atoms with van der Waals surface area (Å²) in [6.07, 6.45) is -3.49. The summed E-state index contributed by atoms with van der Waals surface area (Å²) in [5.41, 5.74) is -0.378. The van der Waals surface area contributed by atoms with Crippen LogP contribution in [0.2, 0.25) is 5.02 Å². The Labute approximate surface area is 162 Å². The number of benzene rings is 1. The first kappa shape index (κ1) is 22.4. The zero-order valence-corrected chi connectivity index (χ0v) is 15.6. The van der Waals surface area contributed by atoms with Crippen molar-refractivity contribution in [2.45, 2.75) is 30.6 Å². The lowest BCUT2D eigenvalue weighted by atomic mass is 10.0. The van der Waals surface area contributed by atoms with E-state index in [9.17, 15) is 35.5 Å². The smallest absolute Gasteiger partial charge is 0.340 e. The number of hydrogen-bond acceptors (Lipinski definition) is 4. The van der Waals surface area contributed by atoms with Crippen LogP contribution in [0, 0.1) is 5.82 Å². The molecule has 1 aliphatic carbocycles. The van der Waals surface area contributed by atoms with E-state index in [1.165, 1.54) is 0 Å². The van der Waals surface area contributed by atoms with Crippen molar-refractivity contribution in [2.24, 2.45) is 0 Å². The maximum atomic E-state index is 14.2. The minimum atomic E-state index is -5.24. The molecule has 0 aliphatic heterocycles. The van der Waals surface area contributed by atoms with E-state index in [-0.39, 0.29) is 16.3 Å². The molecule has 1 atom stereocenters. The summed E-state index contributed by atoms with van der Waals surface area (Å²) in [7, 11) is -5.24. The van der Waals surface area contributed by atoms with Gasteiger partial charge < -0.3 is 9.84 Å². The lowest BCUT2D eigenvalue weighted by Gasteiger charge is -2.24. The van der Waals surface area contributed by atoms with Crippen LogP contribution in [0.15, 0.2) is 53.2 Å². The Kier molecular flexibility index (Phi) is 6.57. The largest absolute Gasteiger partial charge is 0.457 e. The number of hydrogen-bond donors (Lipinski definition) is 1. The van der Waals surface area contributed by atoms with Crippen LogP contribution in [0.3, 0.4) is 0 Å². The zero-order chi connectivity index (χ0) is 21.3. The van der Waals surface area contributed by atoms with Crippen molar-refractivity contribution in [2.75, 3.05) is 0 Å². The van der Waals surface area contributed by atoms with Gasteiger partial charge in [-0.05, 0) is 29.9 Å². The first-order chi connectivity index (χ1) is 12.8. The Morgan fingerprint density at radius 1 is 1.25 bits per heavy atom. The lowest BCUT2D eigenvalue weighted by Crippen LogP contribution is -2.35. The number of aliphatic hydroxyl groups is 1. The first-order valence-electron chi connectivity index (χ1n) is 7.64. The number of halogens is 6. The number of aliphatic hydroxyl groups excluding tert-OH is 1. The van der Waals surface area contributed by atoms with Crippen LogP contribution in [0.1, 0.15) is 12.8 Å². The Balaban J connectivity index is 2.54. The van der Waals surface area contributed by atoms with Crippen molar-refractivity contribution in [1.29, 1.82) is 0 Å².